The van der Waals surface area contributed by atoms with E-state index in [0.717, 1.165) is 10.6 Å². The molecule has 0 saturated heterocycles. The van der Waals surface area contributed by atoms with Crippen LogP contribution < -0.4 is 15.1 Å². The molecule has 8 nitrogen and oxygen atoms in total. The van der Waals surface area contributed by atoms with Crippen molar-refractivity contribution in [2.75, 3.05) is 22.2 Å². The van der Waals surface area contributed by atoms with Crippen LogP contribution in [0.5, 0.6) is 0 Å². The number of amides is 3. The van der Waals surface area contributed by atoms with Crippen LogP contribution in [0.3, 0.4) is 0 Å². The number of nitrogens with zero attached hydrogens (tertiary/aromatic N) is 2. The lowest BCUT2D eigenvalue weighted by molar-refractivity contribution is -0.120. The normalized spacial score (nSPS) is 13.3. The summed E-state index contributed by atoms with van der Waals surface area (Å²) in [5.74, 6) is -2.26. The van der Waals surface area contributed by atoms with E-state index in [-0.39, 0.29) is 34.0 Å². The quantitative estimate of drug-likeness (QED) is 0.351. The van der Waals surface area contributed by atoms with Gasteiger partial charge in [-0.3, -0.25) is 14.4 Å². The van der Waals surface area contributed by atoms with Gasteiger partial charge in [0.25, 0.3) is 17.7 Å². The molecule has 1 aliphatic heterocycles. The number of anilines is 3. The standard InChI is InChI=1S/C28H24ClN3O5/c1-17(2)37-28(36)19-10-8-14-22(16-19)32-26(34)23(29)24(27(32)35)30-20-11-7-9-18(15-20)25(33)31(3)21-12-5-4-6-13-21/h4-17,30H,1-3H3. The zero-order chi connectivity index (χ0) is 26.7. The molecule has 0 fully saturated rings. The van der Waals surface area contributed by atoms with E-state index in [0.29, 0.717) is 11.3 Å². The fourth-order valence-corrected chi connectivity index (χ4v) is 3.95. The molecule has 0 bridgehead atoms. The Bertz CT molecular complexity index is 1420. The minimum absolute atomic E-state index is 0.136. The summed E-state index contributed by atoms with van der Waals surface area (Å²) >= 11 is 6.26. The molecule has 4 rings (SSSR count). The minimum atomic E-state index is -0.736. The Labute approximate surface area is 219 Å². The molecule has 0 aromatic heterocycles. The summed E-state index contributed by atoms with van der Waals surface area (Å²) < 4.78 is 5.20. The van der Waals surface area contributed by atoms with E-state index in [2.05, 4.69) is 5.32 Å². The predicted octanol–water partition coefficient (Wildman–Crippen LogP) is 4.96. The van der Waals surface area contributed by atoms with Crippen LogP contribution in [0, 0.1) is 0 Å². The van der Waals surface area contributed by atoms with Crippen LogP contribution in [0.25, 0.3) is 0 Å². The number of halogens is 1. The fourth-order valence-electron chi connectivity index (χ4n) is 3.74. The summed E-state index contributed by atoms with van der Waals surface area (Å²) in [6.45, 7) is 3.44. The van der Waals surface area contributed by atoms with E-state index < -0.39 is 17.8 Å². The van der Waals surface area contributed by atoms with E-state index in [9.17, 15) is 19.2 Å². The molecule has 1 heterocycles. The summed E-state index contributed by atoms with van der Waals surface area (Å²) in [5.41, 5.74) is 1.73. The first-order valence-electron chi connectivity index (χ1n) is 11.5. The lowest BCUT2D eigenvalue weighted by atomic mass is 10.1. The molecular weight excluding hydrogens is 494 g/mol. The number of esters is 1. The summed E-state index contributed by atoms with van der Waals surface area (Å²) in [7, 11) is 1.67. The van der Waals surface area contributed by atoms with E-state index in [1.165, 1.54) is 23.1 Å². The van der Waals surface area contributed by atoms with Gasteiger partial charge in [0.1, 0.15) is 10.7 Å². The first-order valence-corrected chi connectivity index (χ1v) is 11.8. The van der Waals surface area contributed by atoms with Crippen molar-refractivity contribution in [3.05, 3.63) is 101 Å². The van der Waals surface area contributed by atoms with E-state index in [4.69, 9.17) is 16.3 Å². The van der Waals surface area contributed by atoms with Gasteiger partial charge in [0, 0.05) is 24.0 Å². The molecule has 9 heteroatoms. The summed E-state index contributed by atoms with van der Waals surface area (Å²) in [5, 5.41) is 2.57. The number of ether oxygens (including phenoxy) is 1. The Morgan fingerprint density at radius 2 is 1.57 bits per heavy atom. The number of hydrogen-bond acceptors (Lipinski definition) is 6. The maximum Gasteiger partial charge on any atom is 0.338 e. The van der Waals surface area contributed by atoms with Crippen molar-refractivity contribution in [3.8, 4) is 0 Å². The van der Waals surface area contributed by atoms with E-state index in [1.54, 1.807) is 51.2 Å². The second-order valence-corrected chi connectivity index (χ2v) is 8.92. The lowest BCUT2D eigenvalue weighted by Crippen LogP contribution is -2.32. The molecule has 0 saturated carbocycles. The van der Waals surface area contributed by atoms with Crippen LogP contribution in [0.2, 0.25) is 0 Å². The van der Waals surface area contributed by atoms with Crippen molar-refractivity contribution in [1.82, 2.24) is 0 Å². The molecule has 0 aliphatic carbocycles. The number of carbonyl (C=O) groups is 4. The van der Waals surface area contributed by atoms with Gasteiger partial charge in [-0.2, -0.15) is 0 Å². The first kappa shape index (κ1) is 25.7. The number of imide groups is 1. The summed E-state index contributed by atoms with van der Waals surface area (Å²) in [4.78, 5) is 53.8. The number of nitrogens with one attached hydrogen (secondary N) is 1. The van der Waals surface area contributed by atoms with Gasteiger partial charge in [-0.25, -0.2) is 9.69 Å². The maximum absolute atomic E-state index is 13.2. The van der Waals surface area contributed by atoms with E-state index in [1.807, 2.05) is 30.3 Å². The molecular formula is C28H24ClN3O5. The number of carbonyl (C=O) groups excluding carboxylic acids is 4. The van der Waals surface area contributed by atoms with Crippen LogP contribution >= 0.6 is 11.6 Å². The number of benzene rings is 3. The van der Waals surface area contributed by atoms with Crippen molar-refractivity contribution in [2.24, 2.45) is 0 Å². The van der Waals surface area contributed by atoms with Gasteiger partial charge in [0.2, 0.25) is 0 Å². The third-order valence-corrected chi connectivity index (χ3v) is 5.89. The third kappa shape index (κ3) is 5.39. The van der Waals surface area contributed by atoms with Crippen LogP contribution in [-0.2, 0) is 14.3 Å². The minimum Gasteiger partial charge on any atom is -0.459 e. The Morgan fingerprint density at radius 3 is 2.27 bits per heavy atom. The first-order chi connectivity index (χ1) is 17.7. The summed E-state index contributed by atoms with van der Waals surface area (Å²) in [6.07, 6.45) is -0.326. The van der Waals surface area contributed by atoms with Crippen LogP contribution in [-0.4, -0.2) is 36.8 Å². The highest BCUT2D eigenvalue weighted by molar-refractivity contribution is 6.53. The SMILES string of the molecule is CC(C)OC(=O)c1cccc(N2C(=O)C(Cl)=C(Nc3cccc(C(=O)N(C)c4ccccc4)c3)C2=O)c1. The topological polar surface area (TPSA) is 96.0 Å². The highest BCUT2D eigenvalue weighted by Gasteiger charge is 2.39. The predicted molar refractivity (Wildman–Crippen MR) is 142 cm³/mol. The van der Waals surface area contributed by atoms with Crippen LogP contribution in [0.4, 0.5) is 17.1 Å². The Hall–Kier alpha value is -4.43. The Kier molecular flexibility index (Phi) is 7.40. The van der Waals surface area contributed by atoms with Gasteiger partial charge < -0.3 is 15.0 Å². The number of rotatable bonds is 7. The molecule has 0 atom stereocenters. The average Bonchev–Trinajstić information content (AvgIpc) is 3.11. The van der Waals surface area contributed by atoms with Crippen molar-refractivity contribution < 1.29 is 23.9 Å². The van der Waals surface area contributed by atoms with Crippen LogP contribution in [0.1, 0.15) is 34.6 Å². The molecule has 3 amide bonds. The van der Waals surface area contributed by atoms with Gasteiger partial charge in [0.15, 0.2) is 0 Å². The third-order valence-electron chi connectivity index (χ3n) is 5.54. The summed E-state index contributed by atoms with van der Waals surface area (Å²) in [6, 6.07) is 21.7. The molecule has 37 heavy (non-hydrogen) atoms. The van der Waals surface area contributed by atoms with Crippen molar-refractivity contribution >= 4 is 52.4 Å². The smallest absolute Gasteiger partial charge is 0.338 e. The van der Waals surface area contributed by atoms with Crippen molar-refractivity contribution in [2.45, 2.75) is 20.0 Å². The fraction of sp³-hybridized carbons (Fsp3) is 0.143. The second kappa shape index (κ2) is 10.7. The van der Waals surface area contributed by atoms with Gasteiger partial charge in [0.05, 0.1) is 17.4 Å². The molecule has 1 N–H and O–H groups in total. The maximum atomic E-state index is 13.2. The average molecular weight is 518 g/mol. The monoisotopic (exact) mass is 517 g/mol. The molecule has 3 aromatic carbocycles. The van der Waals surface area contributed by atoms with Crippen molar-refractivity contribution in [3.63, 3.8) is 0 Å². The Morgan fingerprint density at radius 1 is 0.892 bits per heavy atom. The molecule has 1 aliphatic rings. The molecule has 188 valence electrons. The zero-order valence-corrected chi connectivity index (χ0v) is 21.2. The molecule has 3 aromatic rings. The van der Waals surface area contributed by atoms with Gasteiger partial charge in [-0.1, -0.05) is 41.9 Å². The highest BCUT2D eigenvalue weighted by atomic mass is 35.5. The number of para-hydroxylation sites is 1. The highest BCUT2D eigenvalue weighted by Crippen LogP contribution is 2.31. The van der Waals surface area contributed by atoms with Gasteiger partial charge in [-0.15, -0.1) is 0 Å². The van der Waals surface area contributed by atoms with E-state index >= 15 is 0 Å². The second-order valence-electron chi connectivity index (χ2n) is 8.54. The largest absolute Gasteiger partial charge is 0.459 e. The lowest BCUT2D eigenvalue weighted by Gasteiger charge is -2.18. The molecule has 0 spiro atoms. The zero-order valence-electron chi connectivity index (χ0n) is 20.4. The number of hydrogen-bond donors (Lipinski definition) is 1. The van der Waals surface area contributed by atoms with Gasteiger partial charge in [-0.05, 0) is 62.4 Å². The van der Waals surface area contributed by atoms with Crippen molar-refractivity contribution in [1.29, 1.82) is 0 Å². The molecule has 0 radical (unpaired) electrons. The Balaban J connectivity index is 1.55. The molecule has 0 unspecified atom stereocenters. The van der Waals surface area contributed by atoms with Crippen LogP contribution in [0.15, 0.2) is 89.6 Å². The van der Waals surface area contributed by atoms with Gasteiger partial charge >= 0.3 is 5.97 Å².